The van der Waals surface area contributed by atoms with Crippen molar-refractivity contribution in [2.75, 3.05) is 0 Å². The Morgan fingerprint density at radius 1 is 1.40 bits per heavy atom. The van der Waals surface area contributed by atoms with Crippen LogP contribution in [0, 0.1) is 0 Å². The molecule has 1 aliphatic rings. The van der Waals surface area contributed by atoms with E-state index >= 15 is 0 Å². The molecule has 1 aliphatic carbocycles. The molecule has 2 N–H and O–H groups in total. The number of nitrogens with zero attached hydrogens (tertiary/aromatic N) is 1. The molecule has 1 fully saturated rings. The maximum absolute atomic E-state index is 9.39. The van der Waals surface area contributed by atoms with Crippen molar-refractivity contribution in [1.29, 1.82) is 0 Å². The smallest absolute Gasteiger partial charge is 0.0541 e. The van der Waals surface area contributed by atoms with E-state index in [1.165, 1.54) is 5.69 Å². The number of aromatic nitrogens is 1. The largest absolute Gasteiger partial charge is 0.393 e. The van der Waals surface area contributed by atoms with Gasteiger partial charge in [0.2, 0.25) is 0 Å². The third-order valence-corrected chi connectivity index (χ3v) is 3.32. The number of rotatable bonds is 3. The van der Waals surface area contributed by atoms with Gasteiger partial charge in [-0.25, -0.2) is 0 Å². The third kappa shape index (κ3) is 2.83. The maximum Gasteiger partial charge on any atom is 0.0541 e. The summed E-state index contributed by atoms with van der Waals surface area (Å²) in [5.74, 6) is 0. The molecule has 0 aromatic carbocycles. The SMILES string of the molecule is Cn1cccc1CNC1CCC(O)CC1. The Balaban J connectivity index is 1.77. The standard InChI is InChI=1S/C12H20N2O/c1-14-8-2-3-11(14)9-13-10-4-6-12(15)7-5-10/h2-3,8,10,12-13,15H,4-7,9H2,1H3. The minimum atomic E-state index is -0.0573. The number of hydrogen-bond donors (Lipinski definition) is 2. The predicted molar refractivity (Wildman–Crippen MR) is 60.5 cm³/mol. The molecule has 0 bridgehead atoms. The highest BCUT2D eigenvalue weighted by Gasteiger charge is 2.18. The van der Waals surface area contributed by atoms with Crippen LogP contribution in [0.1, 0.15) is 31.4 Å². The topological polar surface area (TPSA) is 37.2 Å². The molecule has 84 valence electrons. The molecule has 0 unspecified atom stereocenters. The van der Waals surface area contributed by atoms with Crippen molar-refractivity contribution in [3.63, 3.8) is 0 Å². The van der Waals surface area contributed by atoms with E-state index in [1.54, 1.807) is 0 Å². The lowest BCUT2D eigenvalue weighted by Crippen LogP contribution is -2.34. The molecule has 0 saturated heterocycles. The van der Waals surface area contributed by atoms with Gasteiger partial charge in [-0.1, -0.05) is 0 Å². The number of hydrogen-bond acceptors (Lipinski definition) is 2. The van der Waals surface area contributed by atoms with Crippen LogP contribution in [-0.4, -0.2) is 21.8 Å². The van der Waals surface area contributed by atoms with Crippen LogP contribution in [0.25, 0.3) is 0 Å². The summed E-state index contributed by atoms with van der Waals surface area (Å²) in [6.45, 7) is 0.935. The van der Waals surface area contributed by atoms with Crippen LogP contribution in [-0.2, 0) is 13.6 Å². The van der Waals surface area contributed by atoms with Crippen molar-refractivity contribution in [2.24, 2.45) is 7.05 Å². The van der Waals surface area contributed by atoms with Crippen LogP contribution in [0.5, 0.6) is 0 Å². The summed E-state index contributed by atoms with van der Waals surface area (Å²) in [5.41, 5.74) is 1.32. The van der Waals surface area contributed by atoms with Gasteiger partial charge in [-0.2, -0.15) is 0 Å². The first kappa shape index (κ1) is 10.7. The van der Waals surface area contributed by atoms with E-state index in [-0.39, 0.29) is 6.10 Å². The van der Waals surface area contributed by atoms with Crippen molar-refractivity contribution in [1.82, 2.24) is 9.88 Å². The summed E-state index contributed by atoms with van der Waals surface area (Å²) < 4.78 is 2.14. The van der Waals surface area contributed by atoms with Gasteiger partial charge in [-0.15, -0.1) is 0 Å². The Bertz CT molecular complexity index is 300. The van der Waals surface area contributed by atoms with E-state index in [4.69, 9.17) is 0 Å². The Kier molecular flexibility index (Phi) is 3.44. The first-order valence-corrected chi connectivity index (χ1v) is 5.77. The van der Waals surface area contributed by atoms with Gasteiger partial charge >= 0.3 is 0 Å². The van der Waals surface area contributed by atoms with Crippen molar-refractivity contribution in [3.8, 4) is 0 Å². The fourth-order valence-corrected chi connectivity index (χ4v) is 2.21. The number of aliphatic hydroxyl groups is 1. The van der Waals surface area contributed by atoms with E-state index in [0.29, 0.717) is 6.04 Å². The molecule has 3 heteroatoms. The number of aliphatic hydroxyl groups excluding tert-OH is 1. The van der Waals surface area contributed by atoms with Gasteiger partial charge in [-0.3, -0.25) is 0 Å². The summed E-state index contributed by atoms with van der Waals surface area (Å²) in [6.07, 6.45) is 6.12. The summed E-state index contributed by atoms with van der Waals surface area (Å²) in [5, 5.41) is 12.9. The van der Waals surface area contributed by atoms with E-state index in [9.17, 15) is 5.11 Å². The molecular weight excluding hydrogens is 188 g/mol. The first-order chi connectivity index (χ1) is 7.25. The van der Waals surface area contributed by atoms with Crippen molar-refractivity contribution >= 4 is 0 Å². The van der Waals surface area contributed by atoms with E-state index in [0.717, 1.165) is 32.2 Å². The maximum atomic E-state index is 9.39. The van der Waals surface area contributed by atoms with Gasteiger partial charge in [0.15, 0.2) is 0 Å². The molecule has 1 heterocycles. The van der Waals surface area contributed by atoms with E-state index in [1.807, 2.05) is 0 Å². The Morgan fingerprint density at radius 2 is 2.13 bits per heavy atom. The molecule has 1 aromatic heterocycles. The van der Waals surface area contributed by atoms with Crippen LogP contribution in [0.4, 0.5) is 0 Å². The lowest BCUT2D eigenvalue weighted by Gasteiger charge is -2.26. The zero-order valence-corrected chi connectivity index (χ0v) is 9.32. The van der Waals surface area contributed by atoms with E-state index < -0.39 is 0 Å². The molecule has 3 nitrogen and oxygen atoms in total. The highest BCUT2D eigenvalue weighted by molar-refractivity contribution is 5.06. The summed E-state index contributed by atoms with van der Waals surface area (Å²) in [7, 11) is 2.07. The summed E-state index contributed by atoms with van der Waals surface area (Å²) in [4.78, 5) is 0. The quantitative estimate of drug-likeness (QED) is 0.788. The molecule has 2 rings (SSSR count). The second kappa shape index (κ2) is 4.81. The normalized spacial score (nSPS) is 26.8. The molecule has 0 radical (unpaired) electrons. The summed E-state index contributed by atoms with van der Waals surface area (Å²) >= 11 is 0. The van der Waals surface area contributed by atoms with Gasteiger partial charge in [0.25, 0.3) is 0 Å². The summed E-state index contributed by atoms with van der Waals surface area (Å²) in [6, 6.07) is 4.80. The van der Waals surface area contributed by atoms with Crippen LogP contribution in [0.3, 0.4) is 0 Å². The van der Waals surface area contributed by atoms with Gasteiger partial charge < -0.3 is 15.0 Å². The monoisotopic (exact) mass is 208 g/mol. The fraction of sp³-hybridized carbons (Fsp3) is 0.667. The zero-order chi connectivity index (χ0) is 10.7. The average Bonchev–Trinajstić information content (AvgIpc) is 2.63. The number of nitrogens with one attached hydrogen (secondary N) is 1. The van der Waals surface area contributed by atoms with Crippen molar-refractivity contribution < 1.29 is 5.11 Å². The Labute approximate surface area is 91.1 Å². The molecule has 0 aliphatic heterocycles. The van der Waals surface area contributed by atoms with Crippen LogP contribution in [0.2, 0.25) is 0 Å². The Morgan fingerprint density at radius 3 is 2.73 bits per heavy atom. The van der Waals surface area contributed by atoms with Gasteiger partial charge in [0.05, 0.1) is 6.10 Å². The number of aryl methyl sites for hydroxylation is 1. The van der Waals surface area contributed by atoms with Crippen molar-refractivity contribution in [3.05, 3.63) is 24.0 Å². The molecule has 1 aromatic rings. The fourth-order valence-electron chi connectivity index (χ4n) is 2.21. The second-order valence-corrected chi connectivity index (χ2v) is 4.50. The zero-order valence-electron chi connectivity index (χ0n) is 9.32. The van der Waals surface area contributed by atoms with Gasteiger partial charge in [-0.05, 0) is 37.8 Å². The van der Waals surface area contributed by atoms with E-state index in [2.05, 4.69) is 35.3 Å². The molecule has 15 heavy (non-hydrogen) atoms. The second-order valence-electron chi connectivity index (χ2n) is 4.50. The highest BCUT2D eigenvalue weighted by Crippen LogP contribution is 2.18. The lowest BCUT2D eigenvalue weighted by atomic mass is 9.93. The molecule has 1 saturated carbocycles. The van der Waals surface area contributed by atoms with Crippen LogP contribution < -0.4 is 5.32 Å². The van der Waals surface area contributed by atoms with Gasteiger partial charge in [0, 0.05) is 31.5 Å². The van der Waals surface area contributed by atoms with Crippen LogP contribution >= 0.6 is 0 Å². The lowest BCUT2D eigenvalue weighted by molar-refractivity contribution is 0.116. The van der Waals surface area contributed by atoms with Crippen LogP contribution in [0.15, 0.2) is 18.3 Å². The van der Waals surface area contributed by atoms with Gasteiger partial charge in [0.1, 0.15) is 0 Å². The Hall–Kier alpha value is -0.800. The van der Waals surface area contributed by atoms with Crippen molar-refractivity contribution in [2.45, 2.75) is 44.4 Å². The minimum absolute atomic E-state index is 0.0573. The highest BCUT2D eigenvalue weighted by atomic mass is 16.3. The first-order valence-electron chi connectivity index (χ1n) is 5.77. The molecule has 0 spiro atoms. The average molecular weight is 208 g/mol. The molecule has 0 amide bonds. The molecule has 0 atom stereocenters. The third-order valence-electron chi connectivity index (χ3n) is 3.32. The predicted octanol–water partition coefficient (Wildman–Crippen LogP) is 1.42. The minimum Gasteiger partial charge on any atom is -0.393 e. The molecular formula is C12H20N2O.